The van der Waals surface area contributed by atoms with Crippen molar-refractivity contribution < 1.29 is 22.7 Å². The van der Waals surface area contributed by atoms with Crippen molar-refractivity contribution in [1.29, 1.82) is 0 Å². The molecule has 1 atom stereocenters. The summed E-state index contributed by atoms with van der Waals surface area (Å²) in [6, 6.07) is 3.21. The van der Waals surface area contributed by atoms with Gasteiger partial charge in [-0.05, 0) is 18.2 Å². The number of aliphatic hydroxyl groups is 1. The third kappa shape index (κ3) is 2.86. The van der Waals surface area contributed by atoms with E-state index in [1.165, 1.54) is 6.07 Å². The number of halogens is 1. The van der Waals surface area contributed by atoms with E-state index in [0.717, 1.165) is 16.4 Å². The standard InChI is InChI=1S/C11H15FN2O4S/c12-8-1-2-10(13)11(5-8)19(16,17)14-3-4-18-9(6-14)7-15/h1-2,5,9,15H,3-4,6-7,13H2. The minimum atomic E-state index is -3.88. The molecule has 1 heterocycles. The molecule has 0 aromatic heterocycles. The zero-order chi connectivity index (χ0) is 14.0. The highest BCUT2D eigenvalue weighted by atomic mass is 32.2. The van der Waals surface area contributed by atoms with Crippen LogP contribution in [0.25, 0.3) is 0 Å². The number of nitrogen functional groups attached to an aromatic ring is 1. The second-order valence-corrected chi connectivity index (χ2v) is 6.13. The Bertz CT molecular complexity index is 564. The van der Waals surface area contributed by atoms with Gasteiger partial charge in [0.2, 0.25) is 10.0 Å². The van der Waals surface area contributed by atoms with E-state index in [9.17, 15) is 12.8 Å². The van der Waals surface area contributed by atoms with Gasteiger partial charge in [-0.3, -0.25) is 0 Å². The average molecular weight is 290 g/mol. The van der Waals surface area contributed by atoms with Crippen LogP contribution in [0, 0.1) is 5.82 Å². The molecule has 2 rings (SSSR count). The van der Waals surface area contributed by atoms with Crippen LogP contribution in [-0.4, -0.2) is 50.2 Å². The summed E-state index contributed by atoms with van der Waals surface area (Å²) in [4.78, 5) is -0.258. The molecule has 1 aromatic rings. The van der Waals surface area contributed by atoms with E-state index in [4.69, 9.17) is 15.6 Å². The average Bonchev–Trinajstić information content (AvgIpc) is 2.41. The fourth-order valence-electron chi connectivity index (χ4n) is 1.89. The zero-order valence-electron chi connectivity index (χ0n) is 10.1. The highest BCUT2D eigenvalue weighted by Gasteiger charge is 2.32. The number of morpholine rings is 1. The second kappa shape index (κ2) is 5.41. The number of hydrogen-bond donors (Lipinski definition) is 2. The van der Waals surface area contributed by atoms with E-state index in [1.807, 2.05) is 0 Å². The number of sulfonamides is 1. The first kappa shape index (κ1) is 14.2. The summed E-state index contributed by atoms with van der Waals surface area (Å²) < 4.78 is 44.2. The van der Waals surface area contributed by atoms with Gasteiger partial charge in [0.15, 0.2) is 0 Å². The summed E-state index contributed by atoms with van der Waals surface area (Å²) in [5, 5.41) is 9.01. The van der Waals surface area contributed by atoms with E-state index in [1.54, 1.807) is 0 Å². The largest absolute Gasteiger partial charge is 0.398 e. The van der Waals surface area contributed by atoms with Gasteiger partial charge in [0.1, 0.15) is 10.7 Å². The molecule has 1 fully saturated rings. The van der Waals surface area contributed by atoms with Crippen molar-refractivity contribution in [3.05, 3.63) is 24.0 Å². The summed E-state index contributed by atoms with van der Waals surface area (Å²) in [6.07, 6.45) is -0.571. The minimum absolute atomic E-state index is 0.00607. The van der Waals surface area contributed by atoms with Crippen LogP contribution in [0.2, 0.25) is 0 Å². The van der Waals surface area contributed by atoms with Crippen LogP contribution >= 0.6 is 0 Å². The molecule has 6 nitrogen and oxygen atoms in total. The molecular formula is C11H15FN2O4S. The Hall–Kier alpha value is -1.22. The fraction of sp³-hybridized carbons (Fsp3) is 0.455. The summed E-state index contributed by atoms with van der Waals surface area (Å²) in [6.45, 7) is 0.0773. The number of hydrogen-bond acceptors (Lipinski definition) is 5. The summed E-state index contributed by atoms with van der Waals surface area (Å²) in [7, 11) is -3.88. The van der Waals surface area contributed by atoms with Crippen LogP contribution in [0.5, 0.6) is 0 Å². The van der Waals surface area contributed by atoms with Gasteiger partial charge in [0, 0.05) is 13.1 Å². The van der Waals surface area contributed by atoms with Gasteiger partial charge in [-0.1, -0.05) is 0 Å². The molecule has 1 unspecified atom stereocenters. The number of nitrogens with zero attached hydrogens (tertiary/aromatic N) is 1. The fourth-order valence-corrected chi connectivity index (χ4v) is 3.47. The molecule has 0 radical (unpaired) electrons. The summed E-state index contributed by atoms with van der Waals surface area (Å²) >= 11 is 0. The minimum Gasteiger partial charge on any atom is -0.398 e. The Balaban J connectivity index is 2.34. The van der Waals surface area contributed by atoms with Crippen LogP contribution in [0.1, 0.15) is 0 Å². The molecule has 1 aliphatic rings. The van der Waals surface area contributed by atoms with E-state index >= 15 is 0 Å². The maximum absolute atomic E-state index is 13.2. The molecule has 8 heteroatoms. The van der Waals surface area contributed by atoms with Gasteiger partial charge in [-0.25, -0.2) is 12.8 Å². The molecule has 0 amide bonds. The predicted molar refractivity (Wildman–Crippen MR) is 66.4 cm³/mol. The molecule has 106 valence electrons. The molecule has 1 aliphatic heterocycles. The second-order valence-electron chi connectivity index (χ2n) is 4.22. The Labute approximate surface area is 110 Å². The molecule has 3 N–H and O–H groups in total. The zero-order valence-corrected chi connectivity index (χ0v) is 10.9. The number of benzene rings is 1. The van der Waals surface area contributed by atoms with Gasteiger partial charge in [-0.2, -0.15) is 4.31 Å². The number of aliphatic hydroxyl groups excluding tert-OH is 1. The van der Waals surface area contributed by atoms with Crippen molar-refractivity contribution in [1.82, 2.24) is 4.31 Å². The Morgan fingerprint density at radius 1 is 1.53 bits per heavy atom. The number of ether oxygens (including phenoxy) is 1. The lowest BCUT2D eigenvalue weighted by atomic mass is 10.3. The highest BCUT2D eigenvalue weighted by molar-refractivity contribution is 7.89. The van der Waals surface area contributed by atoms with Crippen LogP contribution in [-0.2, 0) is 14.8 Å². The quantitative estimate of drug-likeness (QED) is 0.751. The molecular weight excluding hydrogens is 275 g/mol. The number of rotatable bonds is 3. The van der Waals surface area contributed by atoms with Crippen molar-refractivity contribution in [3.63, 3.8) is 0 Å². The lowest BCUT2D eigenvalue weighted by Gasteiger charge is -2.31. The summed E-state index contributed by atoms with van der Waals surface area (Å²) in [5.74, 6) is -0.667. The van der Waals surface area contributed by atoms with Crippen molar-refractivity contribution in [2.75, 3.05) is 32.0 Å². The smallest absolute Gasteiger partial charge is 0.245 e. The van der Waals surface area contributed by atoms with E-state index in [0.29, 0.717) is 0 Å². The van der Waals surface area contributed by atoms with Gasteiger partial charge >= 0.3 is 0 Å². The Morgan fingerprint density at radius 2 is 2.26 bits per heavy atom. The van der Waals surface area contributed by atoms with E-state index in [2.05, 4.69) is 0 Å². The van der Waals surface area contributed by atoms with E-state index in [-0.39, 0.29) is 36.9 Å². The van der Waals surface area contributed by atoms with Gasteiger partial charge in [0.25, 0.3) is 0 Å². The maximum atomic E-state index is 13.2. The topological polar surface area (TPSA) is 92.9 Å². The SMILES string of the molecule is Nc1ccc(F)cc1S(=O)(=O)N1CCOC(CO)C1. The van der Waals surface area contributed by atoms with Crippen molar-refractivity contribution >= 4 is 15.7 Å². The van der Waals surface area contributed by atoms with Gasteiger partial charge in [-0.15, -0.1) is 0 Å². The molecule has 0 saturated carbocycles. The lowest BCUT2D eigenvalue weighted by Crippen LogP contribution is -2.46. The van der Waals surface area contributed by atoms with Gasteiger partial charge < -0.3 is 15.6 Å². The number of nitrogens with two attached hydrogens (primary N) is 1. The van der Waals surface area contributed by atoms with Gasteiger partial charge in [0.05, 0.1) is 25.0 Å². The van der Waals surface area contributed by atoms with Crippen LogP contribution in [0.15, 0.2) is 23.1 Å². The Kier molecular flexibility index (Phi) is 4.04. The normalized spacial score (nSPS) is 21.5. The maximum Gasteiger partial charge on any atom is 0.245 e. The first-order valence-corrected chi connectivity index (χ1v) is 7.17. The predicted octanol–water partition coefficient (Wildman–Crippen LogP) is -0.210. The Morgan fingerprint density at radius 3 is 2.95 bits per heavy atom. The van der Waals surface area contributed by atoms with Crippen LogP contribution < -0.4 is 5.73 Å². The van der Waals surface area contributed by atoms with Crippen molar-refractivity contribution in [3.8, 4) is 0 Å². The molecule has 0 spiro atoms. The lowest BCUT2D eigenvalue weighted by molar-refractivity contribution is -0.0304. The molecule has 0 aliphatic carbocycles. The molecule has 19 heavy (non-hydrogen) atoms. The number of anilines is 1. The van der Waals surface area contributed by atoms with Crippen molar-refractivity contribution in [2.24, 2.45) is 0 Å². The first-order valence-electron chi connectivity index (χ1n) is 5.73. The molecule has 1 aromatic carbocycles. The van der Waals surface area contributed by atoms with Crippen molar-refractivity contribution in [2.45, 2.75) is 11.0 Å². The van der Waals surface area contributed by atoms with Crippen LogP contribution in [0.4, 0.5) is 10.1 Å². The van der Waals surface area contributed by atoms with E-state index < -0.39 is 21.9 Å². The monoisotopic (exact) mass is 290 g/mol. The third-order valence-corrected chi connectivity index (χ3v) is 4.82. The molecule has 1 saturated heterocycles. The highest BCUT2D eigenvalue weighted by Crippen LogP contribution is 2.24. The molecule has 0 bridgehead atoms. The summed E-state index contributed by atoms with van der Waals surface area (Å²) in [5.41, 5.74) is 5.59. The van der Waals surface area contributed by atoms with Crippen LogP contribution in [0.3, 0.4) is 0 Å². The third-order valence-electron chi connectivity index (χ3n) is 2.90. The first-order chi connectivity index (χ1) is 8.95.